The van der Waals surface area contributed by atoms with Gasteiger partial charge in [-0.1, -0.05) is 34.1 Å². The molecule has 0 aromatic heterocycles. The van der Waals surface area contributed by atoms with Gasteiger partial charge in [0.25, 0.3) is 0 Å². The van der Waals surface area contributed by atoms with Crippen molar-refractivity contribution < 1.29 is 0 Å². The number of nitrogens with one attached hydrogen (secondary N) is 1. The quantitative estimate of drug-likeness (QED) is 0.895. The van der Waals surface area contributed by atoms with Crippen molar-refractivity contribution in [3.63, 3.8) is 0 Å². The molecule has 0 unspecified atom stereocenters. The van der Waals surface area contributed by atoms with E-state index in [1.165, 1.54) is 42.6 Å². The van der Waals surface area contributed by atoms with Crippen molar-refractivity contribution in [3.05, 3.63) is 34.3 Å². The summed E-state index contributed by atoms with van der Waals surface area (Å²) in [4.78, 5) is 4.97. The highest BCUT2D eigenvalue weighted by atomic mass is 79.9. The van der Waals surface area contributed by atoms with Crippen LogP contribution in [0.4, 0.5) is 0 Å². The Hall–Kier alpha value is -0.420. The van der Waals surface area contributed by atoms with Crippen LogP contribution in [0.2, 0.25) is 0 Å². The molecule has 1 aliphatic rings. The van der Waals surface area contributed by atoms with E-state index >= 15 is 0 Å². The second-order valence-electron chi connectivity index (χ2n) is 5.27. The zero-order chi connectivity index (χ0) is 13.5. The lowest BCUT2D eigenvalue weighted by atomic mass is 10.2. The van der Waals surface area contributed by atoms with Gasteiger partial charge >= 0.3 is 0 Å². The molecule has 0 atom stereocenters. The van der Waals surface area contributed by atoms with Crippen LogP contribution in [-0.2, 0) is 6.54 Å². The van der Waals surface area contributed by atoms with Gasteiger partial charge in [0.1, 0.15) is 0 Å². The molecule has 1 aromatic rings. The standard InChI is InChI=1S/C15H24BrN3/c1-18(13-14-5-2-3-6-15(14)16)11-12-19-9-4-7-17-8-10-19/h2-3,5-6,17H,4,7-13H2,1H3. The lowest BCUT2D eigenvalue weighted by molar-refractivity contribution is 0.231. The molecule has 19 heavy (non-hydrogen) atoms. The number of likely N-dealkylation sites (N-methyl/N-ethyl adjacent to an activating group) is 1. The highest BCUT2D eigenvalue weighted by molar-refractivity contribution is 9.10. The number of halogens is 1. The molecule has 106 valence electrons. The molecule has 1 aliphatic heterocycles. The molecule has 1 aromatic carbocycles. The second kappa shape index (κ2) is 8.00. The molecule has 0 saturated carbocycles. The maximum Gasteiger partial charge on any atom is 0.0242 e. The smallest absolute Gasteiger partial charge is 0.0242 e. The maximum absolute atomic E-state index is 3.62. The van der Waals surface area contributed by atoms with E-state index < -0.39 is 0 Å². The summed E-state index contributed by atoms with van der Waals surface area (Å²) in [6, 6.07) is 8.48. The van der Waals surface area contributed by atoms with E-state index in [1.54, 1.807) is 0 Å². The Kier molecular flexibility index (Phi) is 6.31. The number of rotatable bonds is 5. The maximum atomic E-state index is 3.62. The van der Waals surface area contributed by atoms with Crippen molar-refractivity contribution in [1.82, 2.24) is 15.1 Å². The second-order valence-corrected chi connectivity index (χ2v) is 6.13. The van der Waals surface area contributed by atoms with Gasteiger partial charge in [-0.05, 0) is 38.2 Å². The minimum Gasteiger partial charge on any atom is -0.315 e. The Morgan fingerprint density at radius 2 is 2.11 bits per heavy atom. The monoisotopic (exact) mass is 325 g/mol. The van der Waals surface area contributed by atoms with Crippen LogP contribution in [-0.4, -0.2) is 56.1 Å². The van der Waals surface area contributed by atoms with Crippen LogP contribution >= 0.6 is 15.9 Å². The van der Waals surface area contributed by atoms with Gasteiger partial charge in [-0.3, -0.25) is 0 Å². The third-order valence-corrected chi connectivity index (χ3v) is 4.40. The van der Waals surface area contributed by atoms with Gasteiger partial charge in [-0.15, -0.1) is 0 Å². The summed E-state index contributed by atoms with van der Waals surface area (Å²) in [5, 5.41) is 3.45. The summed E-state index contributed by atoms with van der Waals surface area (Å²) in [6.07, 6.45) is 1.27. The fourth-order valence-electron chi connectivity index (χ4n) is 2.43. The summed E-state index contributed by atoms with van der Waals surface area (Å²) in [5.74, 6) is 0. The molecule has 3 nitrogen and oxygen atoms in total. The van der Waals surface area contributed by atoms with E-state index in [9.17, 15) is 0 Å². The van der Waals surface area contributed by atoms with Gasteiger partial charge in [0.15, 0.2) is 0 Å². The van der Waals surface area contributed by atoms with Crippen molar-refractivity contribution in [2.24, 2.45) is 0 Å². The van der Waals surface area contributed by atoms with Crippen molar-refractivity contribution in [2.45, 2.75) is 13.0 Å². The van der Waals surface area contributed by atoms with Gasteiger partial charge in [0.2, 0.25) is 0 Å². The summed E-state index contributed by atoms with van der Waals surface area (Å²) >= 11 is 3.62. The Bertz CT molecular complexity index is 375. The van der Waals surface area contributed by atoms with E-state index in [0.717, 1.165) is 19.6 Å². The largest absolute Gasteiger partial charge is 0.315 e. The molecule has 0 spiro atoms. The molecule has 1 fully saturated rings. The van der Waals surface area contributed by atoms with E-state index in [-0.39, 0.29) is 0 Å². The first-order valence-electron chi connectivity index (χ1n) is 7.11. The van der Waals surface area contributed by atoms with Crippen molar-refractivity contribution in [1.29, 1.82) is 0 Å². The fraction of sp³-hybridized carbons (Fsp3) is 0.600. The van der Waals surface area contributed by atoms with Gasteiger partial charge in [0.05, 0.1) is 0 Å². The van der Waals surface area contributed by atoms with Crippen molar-refractivity contribution >= 4 is 15.9 Å². The predicted molar refractivity (Wildman–Crippen MR) is 84.4 cm³/mol. The average Bonchev–Trinajstić information content (AvgIpc) is 2.68. The van der Waals surface area contributed by atoms with Gasteiger partial charge in [0, 0.05) is 37.2 Å². The molecule has 1 N–H and O–H groups in total. The van der Waals surface area contributed by atoms with Crippen molar-refractivity contribution in [3.8, 4) is 0 Å². The zero-order valence-corrected chi connectivity index (χ0v) is 13.3. The van der Waals surface area contributed by atoms with Gasteiger partial charge < -0.3 is 15.1 Å². The van der Waals surface area contributed by atoms with Gasteiger partial charge in [-0.25, -0.2) is 0 Å². The first-order valence-corrected chi connectivity index (χ1v) is 7.90. The summed E-state index contributed by atoms with van der Waals surface area (Å²) in [6.45, 7) is 8.02. The molecule has 0 bridgehead atoms. The van der Waals surface area contributed by atoms with Crippen LogP contribution in [0, 0.1) is 0 Å². The Labute approximate surface area is 125 Å². The predicted octanol–water partition coefficient (Wildman–Crippen LogP) is 2.18. The first-order chi connectivity index (χ1) is 9.25. The summed E-state index contributed by atoms with van der Waals surface area (Å²) in [5.41, 5.74) is 1.36. The number of benzene rings is 1. The van der Waals surface area contributed by atoms with Gasteiger partial charge in [-0.2, -0.15) is 0 Å². The van der Waals surface area contributed by atoms with E-state index in [4.69, 9.17) is 0 Å². The van der Waals surface area contributed by atoms with Crippen LogP contribution in [0.1, 0.15) is 12.0 Å². The highest BCUT2D eigenvalue weighted by Crippen LogP contribution is 2.17. The molecule has 1 saturated heterocycles. The molecule has 4 heteroatoms. The number of nitrogens with zero attached hydrogens (tertiary/aromatic N) is 2. The molecular weight excluding hydrogens is 302 g/mol. The van der Waals surface area contributed by atoms with Crippen LogP contribution in [0.15, 0.2) is 28.7 Å². The van der Waals surface area contributed by atoms with Crippen molar-refractivity contribution in [2.75, 3.05) is 46.3 Å². The SMILES string of the molecule is CN(CCN1CCCNCC1)Cc1ccccc1Br. The Balaban J connectivity index is 1.75. The number of hydrogen-bond acceptors (Lipinski definition) is 3. The third-order valence-electron chi connectivity index (χ3n) is 3.63. The fourth-order valence-corrected chi connectivity index (χ4v) is 2.84. The molecular formula is C15H24BrN3. The average molecular weight is 326 g/mol. The molecule has 1 heterocycles. The normalized spacial score (nSPS) is 17.6. The summed E-state index contributed by atoms with van der Waals surface area (Å²) in [7, 11) is 2.20. The van der Waals surface area contributed by atoms with E-state index in [0.29, 0.717) is 0 Å². The first kappa shape index (κ1) is 15.0. The molecule has 2 rings (SSSR count). The number of hydrogen-bond donors (Lipinski definition) is 1. The van der Waals surface area contributed by atoms with Crippen LogP contribution < -0.4 is 5.32 Å². The minimum absolute atomic E-state index is 1.01. The summed E-state index contributed by atoms with van der Waals surface area (Å²) < 4.78 is 1.21. The van der Waals surface area contributed by atoms with E-state index in [1.807, 2.05) is 0 Å². The minimum atomic E-state index is 1.01. The van der Waals surface area contributed by atoms with E-state index in [2.05, 4.69) is 62.4 Å². The lowest BCUT2D eigenvalue weighted by Gasteiger charge is -2.24. The Morgan fingerprint density at radius 1 is 1.26 bits per heavy atom. The van der Waals surface area contributed by atoms with Crippen LogP contribution in [0.5, 0.6) is 0 Å². The lowest BCUT2D eigenvalue weighted by Crippen LogP contribution is -2.35. The third kappa shape index (κ3) is 5.22. The topological polar surface area (TPSA) is 18.5 Å². The molecule has 0 radical (unpaired) electrons. The van der Waals surface area contributed by atoms with Crippen LogP contribution in [0.25, 0.3) is 0 Å². The molecule has 0 aliphatic carbocycles. The zero-order valence-electron chi connectivity index (χ0n) is 11.7. The Morgan fingerprint density at radius 3 is 2.95 bits per heavy atom. The van der Waals surface area contributed by atoms with Crippen LogP contribution in [0.3, 0.4) is 0 Å². The molecule has 0 amide bonds. The highest BCUT2D eigenvalue weighted by Gasteiger charge is 2.10.